The zero-order chi connectivity index (χ0) is 23.4. The summed E-state index contributed by atoms with van der Waals surface area (Å²) in [6, 6.07) is 14.5. The highest BCUT2D eigenvalue weighted by molar-refractivity contribution is 6.33. The lowest BCUT2D eigenvalue weighted by atomic mass is 10.1. The van der Waals surface area contributed by atoms with Crippen LogP contribution in [-0.2, 0) is 11.3 Å². The predicted octanol–water partition coefficient (Wildman–Crippen LogP) is 3.97. The molecule has 13 heteroatoms. The van der Waals surface area contributed by atoms with E-state index in [1.54, 1.807) is 36.4 Å². The average Bonchev–Trinajstić information content (AvgIpc) is 3.43. The number of hydrazone groups is 1. The fourth-order valence-electron chi connectivity index (χ4n) is 2.78. The summed E-state index contributed by atoms with van der Waals surface area (Å²) in [5.74, 6) is 0.591. The van der Waals surface area contributed by atoms with Crippen molar-refractivity contribution in [2.45, 2.75) is 6.54 Å². The molecule has 0 atom stereocenters. The van der Waals surface area contributed by atoms with E-state index < -0.39 is 10.8 Å². The van der Waals surface area contributed by atoms with Crippen molar-refractivity contribution in [3.8, 4) is 22.7 Å². The van der Waals surface area contributed by atoms with Gasteiger partial charge in [-0.2, -0.15) is 9.90 Å². The Morgan fingerprint density at radius 3 is 2.76 bits per heavy atom. The number of amides is 1. The number of nitrogens with one attached hydrogen (secondary N) is 1. The van der Waals surface area contributed by atoms with Gasteiger partial charge in [-0.1, -0.05) is 35.3 Å². The van der Waals surface area contributed by atoms with Crippen LogP contribution in [0, 0.1) is 10.1 Å². The number of nitro benzene ring substituents is 1. The third-order valence-corrected chi connectivity index (χ3v) is 4.92. The molecule has 1 N–H and O–H groups in total. The lowest BCUT2D eigenvalue weighted by Gasteiger charge is -1.99. The van der Waals surface area contributed by atoms with Crippen molar-refractivity contribution in [2.75, 3.05) is 0 Å². The van der Waals surface area contributed by atoms with Gasteiger partial charge in [0.2, 0.25) is 5.82 Å². The first-order valence-electron chi connectivity index (χ1n) is 9.29. The molecule has 4 aromatic rings. The van der Waals surface area contributed by atoms with E-state index in [1.165, 1.54) is 24.4 Å². The number of hydrogen-bond donors (Lipinski definition) is 1. The van der Waals surface area contributed by atoms with Crippen molar-refractivity contribution in [1.29, 1.82) is 0 Å². The van der Waals surface area contributed by atoms with Gasteiger partial charge in [-0.3, -0.25) is 14.9 Å². The Morgan fingerprint density at radius 1 is 1.18 bits per heavy atom. The van der Waals surface area contributed by atoms with Crippen molar-refractivity contribution >= 4 is 41.0 Å². The van der Waals surface area contributed by atoms with Crippen LogP contribution in [0.1, 0.15) is 5.76 Å². The van der Waals surface area contributed by atoms with E-state index >= 15 is 0 Å². The van der Waals surface area contributed by atoms with Gasteiger partial charge in [0, 0.05) is 17.2 Å². The number of carbonyl (C=O) groups excluding carboxylic acids is 1. The summed E-state index contributed by atoms with van der Waals surface area (Å²) in [5.41, 5.74) is 3.30. The van der Waals surface area contributed by atoms with Gasteiger partial charge in [0.05, 0.1) is 16.2 Å². The number of rotatable bonds is 7. The summed E-state index contributed by atoms with van der Waals surface area (Å²) >= 11 is 12.0. The van der Waals surface area contributed by atoms with E-state index in [-0.39, 0.29) is 17.3 Å². The minimum Gasteiger partial charge on any atom is -0.455 e. The zero-order valence-corrected chi connectivity index (χ0v) is 18.1. The van der Waals surface area contributed by atoms with Crippen LogP contribution in [0.4, 0.5) is 5.69 Å². The fraction of sp³-hybridized carbons (Fsp3) is 0.0500. The van der Waals surface area contributed by atoms with E-state index in [1.807, 2.05) is 0 Å². The summed E-state index contributed by atoms with van der Waals surface area (Å²) in [5, 5.41) is 27.0. The predicted molar refractivity (Wildman–Crippen MR) is 120 cm³/mol. The van der Waals surface area contributed by atoms with E-state index in [9.17, 15) is 14.9 Å². The topological polar surface area (TPSA) is 141 Å². The van der Waals surface area contributed by atoms with Gasteiger partial charge in [-0.05, 0) is 41.6 Å². The number of nitrogens with zero attached hydrogens (tertiary/aromatic N) is 6. The maximum Gasteiger partial charge on any atom is 0.287 e. The van der Waals surface area contributed by atoms with Crippen LogP contribution in [0.3, 0.4) is 0 Å². The molecule has 0 aliphatic rings. The molecule has 2 heterocycles. The normalized spacial score (nSPS) is 11.1. The molecule has 0 saturated carbocycles. The number of hydrogen-bond acceptors (Lipinski definition) is 8. The van der Waals surface area contributed by atoms with Gasteiger partial charge >= 0.3 is 0 Å². The van der Waals surface area contributed by atoms with Gasteiger partial charge in [0.25, 0.3) is 11.6 Å². The molecule has 0 radical (unpaired) electrons. The number of tetrazole rings is 1. The average molecular weight is 486 g/mol. The highest BCUT2D eigenvalue weighted by Gasteiger charge is 2.14. The molecule has 166 valence electrons. The highest BCUT2D eigenvalue weighted by atomic mass is 35.5. The Hall–Kier alpha value is -4.09. The quantitative estimate of drug-likeness (QED) is 0.237. The standard InChI is InChI=1S/C20H13Cl2N7O4/c21-15-4-2-1-3-14(15)20-25-27-28(26-20)11-19(30)24-23-10-13-6-8-18(33-13)12-5-7-17(29(31)32)16(22)9-12/h1-10H,11H2,(H,24,30)/b23-10-. The Kier molecular flexibility index (Phi) is 6.43. The fourth-order valence-corrected chi connectivity index (χ4v) is 3.25. The summed E-state index contributed by atoms with van der Waals surface area (Å²) < 4.78 is 5.61. The van der Waals surface area contributed by atoms with Crippen molar-refractivity contribution in [3.63, 3.8) is 0 Å². The summed E-state index contributed by atoms with van der Waals surface area (Å²) in [7, 11) is 0. The first-order chi connectivity index (χ1) is 15.9. The molecular weight excluding hydrogens is 473 g/mol. The van der Waals surface area contributed by atoms with Gasteiger partial charge in [0.1, 0.15) is 23.1 Å². The van der Waals surface area contributed by atoms with Crippen LogP contribution < -0.4 is 5.43 Å². The number of benzene rings is 2. The first-order valence-corrected chi connectivity index (χ1v) is 10.0. The van der Waals surface area contributed by atoms with Crippen molar-refractivity contribution in [2.24, 2.45) is 5.10 Å². The van der Waals surface area contributed by atoms with Crippen LogP contribution in [-0.4, -0.2) is 37.3 Å². The van der Waals surface area contributed by atoms with E-state index in [0.29, 0.717) is 33.5 Å². The minimum absolute atomic E-state index is 0.00389. The van der Waals surface area contributed by atoms with Gasteiger partial charge in [0.15, 0.2) is 0 Å². The Bertz CT molecular complexity index is 1370. The van der Waals surface area contributed by atoms with Crippen molar-refractivity contribution in [1.82, 2.24) is 25.6 Å². The molecular formula is C20H13Cl2N7O4. The number of aromatic nitrogens is 4. The molecule has 0 saturated heterocycles. The maximum absolute atomic E-state index is 12.1. The monoisotopic (exact) mass is 485 g/mol. The van der Waals surface area contributed by atoms with E-state index in [0.717, 1.165) is 4.80 Å². The van der Waals surface area contributed by atoms with Crippen molar-refractivity contribution in [3.05, 3.63) is 80.5 Å². The lowest BCUT2D eigenvalue weighted by molar-refractivity contribution is -0.384. The molecule has 0 bridgehead atoms. The molecule has 33 heavy (non-hydrogen) atoms. The molecule has 0 spiro atoms. The van der Waals surface area contributed by atoms with Gasteiger partial charge in [-0.15, -0.1) is 10.2 Å². The number of furan rings is 1. The molecule has 0 fully saturated rings. The summed E-state index contributed by atoms with van der Waals surface area (Å²) in [6.07, 6.45) is 1.30. The molecule has 0 aliphatic carbocycles. The Morgan fingerprint density at radius 2 is 2.00 bits per heavy atom. The van der Waals surface area contributed by atoms with Crippen LogP contribution in [0.2, 0.25) is 10.0 Å². The molecule has 11 nitrogen and oxygen atoms in total. The second kappa shape index (κ2) is 9.59. The van der Waals surface area contributed by atoms with Crippen LogP contribution >= 0.6 is 23.2 Å². The second-order valence-corrected chi connectivity index (χ2v) is 7.36. The maximum atomic E-state index is 12.1. The van der Waals surface area contributed by atoms with Gasteiger partial charge < -0.3 is 4.42 Å². The second-order valence-electron chi connectivity index (χ2n) is 6.54. The number of halogens is 2. The van der Waals surface area contributed by atoms with Crippen LogP contribution in [0.25, 0.3) is 22.7 Å². The third-order valence-electron chi connectivity index (χ3n) is 4.29. The minimum atomic E-state index is -0.568. The molecule has 0 unspecified atom stereocenters. The van der Waals surface area contributed by atoms with E-state index in [4.69, 9.17) is 27.6 Å². The Labute approximate surface area is 195 Å². The highest BCUT2D eigenvalue weighted by Crippen LogP contribution is 2.30. The van der Waals surface area contributed by atoms with Crippen molar-refractivity contribution < 1.29 is 14.1 Å². The number of carbonyl (C=O) groups is 1. The smallest absolute Gasteiger partial charge is 0.287 e. The first kappa shape index (κ1) is 22.1. The third kappa shape index (κ3) is 5.22. The zero-order valence-electron chi connectivity index (χ0n) is 16.6. The van der Waals surface area contributed by atoms with Crippen LogP contribution in [0.5, 0.6) is 0 Å². The molecule has 4 rings (SSSR count). The largest absolute Gasteiger partial charge is 0.455 e. The SMILES string of the molecule is O=C(Cn1nnc(-c2ccccc2Cl)n1)N/N=C\c1ccc(-c2ccc([N+](=O)[O-])c(Cl)c2)o1. The molecule has 0 aliphatic heterocycles. The van der Waals surface area contributed by atoms with Crippen LogP contribution in [0.15, 0.2) is 64.1 Å². The molecule has 2 aromatic carbocycles. The Balaban J connectivity index is 1.35. The summed E-state index contributed by atoms with van der Waals surface area (Å²) in [4.78, 5) is 23.5. The molecule has 2 aromatic heterocycles. The molecule has 1 amide bonds. The van der Waals surface area contributed by atoms with E-state index in [2.05, 4.69) is 25.9 Å². The van der Waals surface area contributed by atoms with Gasteiger partial charge in [-0.25, -0.2) is 5.43 Å². The lowest BCUT2D eigenvalue weighted by Crippen LogP contribution is -2.24. The number of nitro groups is 1. The summed E-state index contributed by atoms with van der Waals surface area (Å²) in [6.45, 7) is -0.209.